The van der Waals surface area contributed by atoms with E-state index in [2.05, 4.69) is 158 Å². The molecule has 0 bridgehead atoms. The van der Waals surface area contributed by atoms with Crippen molar-refractivity contribution in [2.45, 2.75) is 0 Å². The maximum Gasteiger partial charge on any atom is 0.161 e. The molecule has 7 aromatic carbocycles. The molecule has 0 spiro atoms. The number of pyridine rings is 1. The summed E-state index contributed by atoms with van der Waals surface area (Å²) in [6, 6.07) is 58.1. The summed E-state index contributed by atoms with van der Waals surface area (Å²) in [7, 11) is 0. The predicted octanol–water partition coefficient (Wildman–Crippen LogP) is 13.6. The van der Waals surface area contributed by atoms with E-state index in [9.17, 15) is 0 Å². The van der Waals surface area contributed by atoms with Gasteiger partial charge in [-0.3, -0.25) is 0 Å². The second-order valence-corrected chi connectivity index (χ2v) is 15.3. The summed E-state index contributed by atoms with van der Waals surface area (Å²) in [6.07, 6.45) is 0. The number of nitrogens with zero attached hydrogens (tertiary/aromatic N) is 3. The summed E-state index contributed by atoms with van der Waals surface area (Å²) >= 11 is 3.66. The van der Waals surface area contributed by atoms with Crippen LogP contribution in [-0.4, -0.2) is 15.0 Å². The molecule has 242 valence electrons. The molecule has 0 saturated heterocycles. The van der Waals surface area contributed by atoms with Gasteiger partial charge in [0, 0.05) is 78.8 Å². The van der Waals surface area contributed by atoms with Crippen molar-refractivity contribution < 1.29 is 0 Å². The van der Waals surface area contributed by atoms with Crippen molar-refractivity contribution >= 4 is 84.7 Å². The Hall–Kier alpha value is -6.27. The summed E-state index contributed by atoms with van der Waals surface area (Å²) in [6.45, 7) is 0. The van der Waals surface area contributed by atoms with Crippen LogP contribution in [-0.2, 0) is 0 Å². The highest BCUT2D eigenvalue weighted by atomic mass is 32.1. The van der Waals surface area contributed by atoms with Crippen molar-refractivity contribution in [2.24, 2.45) is 0 Å². The van der Waals surface area contributed by atoms with Crippen LogP contribution in [0.5, 0.6) is 0 Å². The largest absolute Gasteiger partial charge is 0.247 e. The zero-order chi connectivity index (χ0) is 34.2. The number of fused-ring (bicyclic) bond motifs is 10. The average molecular weight is 698 g/mol. The molecule has 5 heteroatoms. The van der Waals surface area contributed by atoms with E-state index in [1.165, 1.54) is 45.7 Å². The van der Waals surface area contributed by atoms with Gasteiger partial charge in [0.05, 0.1) is 22.6 Å². The lowest BCUT2D eigenvalue weighted by Gasteiger charge is -2.14. The normalized spacial score (nSPS) is 11.8. The van der Waals surface area contributed by atoms with Gasteiger partial charge in [-0.15, -0.1) is 22.7 Å². The van der Waals surface area contributed by atoms with E-state index in [1.54, 1.807) is 0 Å². The number of hydrogen-bond acceptors (Lipinski definition) is 5. The third-order valence-electron chi connectivity index (χ3n) is 10.1. The molecular weight excluding hydrogens is 671 g/mol. The van der Waals surface area contributed by atoms with Crippen molar-refractivity contribution in [3.8, 4) is 45.2 Å². The Kier molecular flexibility index (Phi) is 6.59. The van der Waals surface area contributed by atoms with E-state index in [-0.39, 0.29) is 0 Å². The third-order valence-corrected chi connectivity index (χ3v) is 12.4. The van der Waals surface area contributed by atoms with Gasteiger partial charge in [0.15, 0.2) is 5.82 Å². The molecule has 0 aliphatic heterocycles. The number of thiophene rings is 2. The van der Waals surface area contributed by atoms with Gasteiger partial charge in [-0.1, -0.05) is 121 Å². The van der Waals surface area contributed by atoms with Crippen molar-refractivity contribution in [3.05, 3.63) is 164 Å². The van der Waals surface area contributed by atoms with Crippen LogP contribution in [0.2, 0.25) is 0 Å². The Morgan fingerprint density at radius 1 is 0.346 bits per heavy atom. The van der Waals surface area contributed by atoms with Gasteiger partial charge < -0.3 is 0 Å². The minimum Gasteiger partial charge on any atom is -0.247 e. The molecule has 11 aromatic rings. The molecule has 0 atom stereocenters. The SMILES string of the molecule is c1ccc(-c2cc(-c3ccc4nc(-c5ccccc5)c5ccc6sc7ccccc7c6c5c4c3)nc(-c3cccc4sc5ccccc5c34)n2)cc1. The van der Waals surface area contributed by atoms with Gasteiger partial charge in [-0.05, 0) is 42.5 Å². The molecule has 0 aliphatic rings. The Morgan fingerprint density at radius 2 is 0.962 bits per heavy atom. The van der Waals surface area contributed by atoms with E-state index in [0.717, 1.165) is 61.4 Å². The van der Waals surface area contributed by atoms with Crippen LogP contribution in [0.1, 0.15) is 0 Å². The predicted molar refractivity (Wildman–Crippen MR) is 222 cm³/mol. The van der Waals surface area contributed by atoms with Crippen LogP contribution in [0.15, 0.2) is 164 Å². The van der Waals surface area contributed by atoms with Crippen LogP contribution >= 0.6 is 22.7 Å². The molecule has 4 aromatic heterocycles. The first-order valence-corrected chi connectivity index (χ1v) is 19.0. The van der Waals surface area contributed by atoms with Crippen LogP contribution in [0, 0.1) is 0 Å². The van der Waals surface area contributed by atoms with Gasteiger partial charge in [-0.25, -0.2) is 15.0 Å². The molecule has 11 rings (SSSR count). The van der Waals surface area contributed by atoms with Gasteiger partial charge in [-0.2, -0.15) is 0 Å². The number of hydrogen-bond donors (Lipinski definition) is 0. The summed E-state index contributed by atoms with van der Waals surface area (Å²) < 4.78 is 5.06. The minimum absolute atomic E-state index is 0.722. The summed E-state index contributed by atoms with van der Waals surface area (Å²) in [5, 5.41) is 8.49. The maximum atomic E-state index is 5.37. The first-order valence-electron chi connectivity index (χ1n) is 17.4. The molecule has 0 N–H and O–H groups in total. The molecule has 4 heterocycles. The Labute approximate surface area is 307 Å². The zero-order valence-electron chi connectivity index (χ0n) is 27.7. The minimum atomic E-state index is 0.722. The lowest BCUT2D eigenvalue weighted by Crippen LogP contribution is -1.97. The second-order valence-electron chi connectivity index (χ2n) is 13.1. The van der Waals surface area contributed by atoms with E-state index in [1.807, 2.05) is 28.7 Å². The Balaban J connectivity index is 1.21. The molecule has 0 radical (unpaired) electrons. The molecule has 3 nitrogen and oxygen atoms in total. The Morgan fingerprint density at radius 3 is 1.71 bits per heavy atom. The van der Waals surface area contributed by atoms with Crippen LogP contribution in [0.4, 0.5) is 0 Å². The summed E-state index contributed by atoms with van der Waals surface area (Å²) in [4.78, 5) is 15.9. The van der Waals surface area contributed by atoms with Gasteiger partial charge in [0.1, 0.15) is 0 Å². The van der Waals surface area contributed by atoms with Crippen molar-refractivity contribution in [3.63, 3.8) is 0 Å². The highest BCUT2D eigenvalue weighted by Gasteiger charge is 2.19. The summed E-state index contributed by atoms with van der Waals surface area (Å²) in [5.74, 6) is 0.722. The molecule has 0 fully saturated rings. The quantitative estimate of drug-likeness (QED) is 0.172. The van der Waals surface area contributed by atoms with E-state index in [4.69, 9.17) is 15.0 Å². The van der Waals surface area contributed by atoms with E-state index >= 15 is 0 Å². The molecule has 0 unspecified atom stereocenters. The highest BCUT2D eigenvalue weighted by Crippen LogP contribution is 2.45. The van der Waals surface area contributed by atoms with Crippen LogP contribution < -0.4 is 0 Å². The Bertz CT molecular complexity index is 3180. The van der Waals surface area contributed by atoms with E-state index < -0.39 is 0 Å². The third kappa shape index (κ3) is 4.60. The monoisotopic (exact) mass is 697 g/mol. The molecular formula is C47H27N3S2. The fraction of sp³-hybridized carbons (Fsp3) is 0. The van der Waals surface area contributed by atoms with Crippen LogP contribution in [0.25, 0.3) is 107 Å². The topological polar surface area (TPSA) is 38.7 Å². The molecule has 0 saturated carbocycles. The number of rotatable bonds is 4. The fourth-order valence-electron chi connectivity index (χ4n) is 7.72. The molecule has 0 amide bonds. The van der Waals surface area contributed by atoms with Crippen LogP contribution in [0.3, 0.4) is 0 Å². The highest BCUT2D eigenvalue weighted by molar-refractivity contribution is 7.26. The number of benzene rings is 7. The smallest absolute Gasteiger partial charge is 0.161 e. The van der Waals surface area contributed by atoms with Gasteiger partial charge >= 0.3 is 0 Å². The number of aromatic nitrogens is 3. The fourth-order valence-corrected chi connectivity index (χ4v) is 9.96. The van der Waals surface area contributed by atoms with Crippen molar-refractivity contribution in [1.29, 1.82) is 0 Å². The lowest BCUT2D eigenvalue weighted by molar-refractivity contribution is 1.19. The van der Waals surface area contributed by atoms with E-state index in [0.29, 0.717) is 0 Å². The van der Waals surface area contributed by atoms with Crippen molar-refractivity contribution in [1.82, 2.24) is 15.0 Å². The lowest BCUT2D eigenvalue weighted by atomic mass is 9.95. The van der Waals surface area contributed by atoms with Crippen molar-refractivity contribution in [2.75, 3.05) is 0 Å². The molecule has 52 heavy (non-hydrogen) atoms. The first kappa shape index (κ1) is 29.5. The summed E-state index contributed by atoms with van der Waals surface area (Å²) in [5.41, 5.74) is 7.98. The van der Waals surface area contributed by atoms with Gasteiger partial charge in [0.2, 0.25) is 0 Å². The zero-order valence-corrected chi connectivity index (χ0v) is 29.4. The molecule has 0 aliphatic carbocycles. The maximum absolute atomic E-state index is 5.37. The standard InChI is InChI=1S/C47H27N3S2/c1-3-12-28(13-4-1)37-27-38(50-47(49-37)34-18-11-21-41-43(34)31-16-7-9-19-39(31)51-41)30-22-24-36-35(26-30)44-33(46(48-36)29-14-5-2-6-15-29)23-25-42-45(44)32-17-8-10-20-40(32)52-42/h1-27H. The first-order chi connectivity index (χ1) is 25.8. The second kappa shape index (κ2) is 11.6. The average Bonchev–Trinajstić information content (AvgIpc) is 3.79. The van der Waals surface area contributed by atoms with Gasteiger partial charge in [0.25, 0.3) is 0 Å².